The third-order valence-electron chi connectivity index (χ3n) is 2.80. The van der Waals surface area contributed by atoms with Crippen LogP contribution in [0.3, 0.4) is 0 Å². The van der Waals surface area contributed by atoms with Gasteiger partial charge in [0.15, 0.2) is 0 Å². The van der Waals surface area contributed by atoms with E-state index in [1.807, 2.05) is 13.8 Å². The number of aliphatic hydroxyl groups excluding tert-OH is 2. The summed E-state index contributed by atoms with van der Waals surface area (Å²) in [5, 5.41) is 18.9. The normalized spacial score (nSPS) is 39.9. The van der Waals surface area contributed by atoms with E-state index in [1.54, 1.807) is 0 Å². The lowest BCUT2D eigenvalue weighted by atomic mass is 9.78. The van der Waals surface area contributed by atoms with E-state index in [0.29, 0.717) is 12.5 Å². The Morgan fingerprint density at radius 2 is 2.08 bits per heavy atom. The monoisotopic (exact) mass is 188 g/mol. The highest BCUT2D eigenvalue weighted by molar-refractivity contribution is 4.87. The topological polar surface area (TPSA) is 49.7 Å². The Kier molecular flexibility index (Phi) is 3.33. The largest absolute Gasteiger partial charge is 0.394 e. The Balaban J connectivity index is 2.74. The molecule has 1 aliphatic rings. The molecule has 0 saturated carbocycles. The van der Waals surface area contributed by atoms with Crippen molar-refractivity contribution in [2.45, 2.75) is 39.4 Å². The molecule has 1 heterocycles. The van der Waals surface area contributed by atoms with E-state index in [0.717, 1.165) is 6.42 Å². The van der Waals surface area contributed by atoms with Crippen molar-refractivity contribution in [2.75, 3.05) is 13.2 Å². The molecule has 0 radical (unpaired) electrons. The molecule has 0 bridgehead atoms. The van der Waals surface area contributed by atoms with Gasteiger partial charge in [-0.05, 0) is 17.8 Å². The standard InChI is InChI=1S/C10H20O3/c1-7-4-10(2,3)9(12)8(5-11)13-6-7/h7-9,11-12H,4-6H2,1-3H3. The van der Waals surface area contributed by atoms with Crippen molar-refractivity contribution < 1.29 is 14.9 Å². The van der Waals surface area contributed by atoms with E-state index < -0.39 is 12.2 Å². The zero-order chi connectivity index (χ0) is 10.1. The summed E-state index contributed by atoms with van der Waals surface area (Å²) in [5.41, 5.74) is -0.163. The van der Waals surface area contributed by atoms with Gasteiger partial charge < -0.3 is 14.9 Å². The van der Waals surface area contributed by atoms with Crippen LogP contribution in [0, 0.1) is 11.3 Å². The van der Waals surface area contributed by atoms with Crippen molar-refractivity contribution in [1.82, 2.24) is 0 Å². The molecule has 0 amide bonds. The van der Waals surface area contributed by atoms with Gasteiger partial charge in [-0.15, -0.1) is 0 Å². The van der Waals surface area contributed by atoms with Gasteiger partial charge in [-0.25, -0.2) is 0 Å². The highest BCUT2D eigenvalue weighted by Crippen LogP contribution is 2.34. The van der Waals surface area contributed by atoms with Crippen LogP contribution in [0.1, 0.15) is 27.2 Å². The quantitative estimate of drug-likeness (QED) is 0.639. The molecule has 78 valence electrons. The molecule has 3 unspecified atom stereocenters. The lowest BCUT2D eigenvalue weighted by Crippen LogP contribution is -2.41. The zero-order valence-corrected chi connectivity index (χ0v) is 8.66. The Bertz CT molecular complexity index is 168. The average molecular weight is 188 g/mol. The summed E-state index contributed by atoms with van der Waals surface area (Å²) in [6, 6.07) is 0. The number of rotatable bonds is 1. The fraction of sp³-hybridized carbons (Fsp3) is 1.00. The third kappa shape index (κ3) is 2.42. The van der Waals surface area contributed by atoms with Crippen LogP contribution in [0.2, 0.25) is 0 Å². The summed E-state index contributed by atoms with van der Waals surface area (Å²) in [4.78, 5) is 0. The van der Waals surface area contributed by atoms with Crippen molar-refractivity contribution in [3.8, 4) is 0 Å². The van der Waals surface area contributed by atoms with Crippen LogP contribution in [0.15, 0.2) is 0 Å². The van der Waals surface area contributed by atoms with Crippen LogP contribution >= 0.6 is 0 Å². The van der Waals surface area contributed by atoms with Gasteiger partial charge in [-0.2, -0.15) is 0 Å². The summed E-state index contributed by atoms with van der Waals surface area (Å²) < 4.78 is 5.41. The van der Waals surface area contributed by atoms with Gasteiger partial charge in [-0.1, -0.05) is 20.8 Å². The minimum Gasteiger partial charge on any atom is -0.394 e. The second-order valence-electron chi connectivity index (χ2n) is 4.80. The van der Waals surface area contributed by atoms with Gasteiger partial charge in [0.25, 0.3) is 0 Å². The molecule has 0 spiro atoms. The Hall–Kier alpha value is -0.120. The van der Waals surface area contributed by atoms with E-state index in [4.69, 9.17) is 9.84 Å². The van der Waals surface area contributed by atoms with Crippen LogP contribution in [0.5, 0.6) is 0 Å². The minimum absolute atomic E-state index is 0.0999. The number of hydrogen-bond donors (Lipinski definition) is 2. The van der Waals surface area contributed by atoms with Gasteiger partial charge in [0.1, 0.15) is 6.10 Å². The number of hydrogen-bond acceptors (Lipinski definition) is 3. The predicted octanol–water partition coefficient (Wildman–Crippen LogP) is 0.791. The fourth-order valence-electron chi connectivity index (χ4n) is 2.11. The molecule has 1 fully saturated rings. The smallest absolute Gasteiger partial charge is 0.107 e. The molecule has 3 atom stereocenters. The summed E-state index contributed by atoms with van der Waals surface area (Å²) in [5.74, 6) is 0.446. The minimum atomic E-state index is -0.567. The lowest BCUT2D eigenvalue weighted by molar-refractivity contribution is -0.0876. The van der Waals surface area contributed by atoms with Crippen molar-refractivity contribution in [2.24, 2.45) is 11.3 Å². The molecule has 1 saturated heterocycles. The van der Waals surface area contributed by atoms with Gasteiger partial charge in [-0.3, -0.25) is 0 Å². The Labute approximate surface area is 79.7 Å². The molecule has 13 heavy (non-hydrogen) atoms. The first-order chi connectivity index (χ1) is 5.97. The highest BCUT2D eigenvalue weighted by Gasteiger charge is 2.38. The third-order valence-corrected chi connectivity index (χ3v) is 2.80. The SMILES string of the molecule is CC1COC(CO)C(O)C(C)(C)C1. The van der Waals surface area contributed by atoms with Crippen LogP contribution in [0.25, 0.3) is 0 Å². The molecule has 1 aliphatic heterocycles. The Morgan fingerprint density at radius 3 is 2.62 bits per heavy atom. The first-order valence-electron chi connectivity index (χ1n) is 4.88. The second-order valence-corrected chi connectivity index (χ2v) is 4.80. The molecule has 3 heteroatoms. The van der Waals surface area contributed by atoms with E-state index in [1.165, 1.54) is 0 Å². The second kappa shape index (κ2) is 3.95. The van der Waals surface area contributed by atoms with Crippen molar-refractivity contribution in [1.29, 1.82) is 0 Å². The maximum Gasteiger partial charge on any atom is 0.107 e. The molecule has 3 nitrogen and oxygen atoms in total. The van der Waals surface area contributed by atoms with Gasteiger partial charge in [0.05, 0.1) is 12.7 Å². The van der Waals surface area contributed by atoms with Crippen molar-refractivity contribution in [3.63, 3.8) is 0 Å². The number of aliphatic hydroxyl groups is 2. The van der Waals surface area contributed by atoms with Crippen LogP contribution in [-0.2, 0) is 4.74 Å². The fourth-order valence-corrected chi connectivity index (χ4v) is 2.11. The van der Waals surface area contributed by atoms with Crippen molar-refractivity contribution in [3.05, 3.63) is 0 Å². The first-order valence-corrected chi connectivity index (χ1v) is 4.88. The Morgan fingerprint density at radius 1 is 1.46 bits per heavy atom. The van der Waals surface area contributed by atoms with E-state index in [-0.39, 0.29) is 12.0 Å². The maximum absolute atomic E-state index is 9.91. The number of ether oxygens (including phenoxy) is 1. The van der Waals surface area contributed by atoms with Crippen LogP contribution in [-0.4, -0.2) is 35.6 Å². The molecule has 0 aliphatic carbocycles. The first kappa shape index (κ1) is 11.0. The van der Waals surface area contributed by atoms with Crippen LogP contribution in [0.4, 0.5) is 0 Å². The molecular formula is C10H20O3. The average Bonchev–Trinajstić information content (AvgIpc) is 2.11. The highest BCUT2D eigenvalue weighted by atomic mass is 16.5. The summed E-state index contributed by atoms with van der Waals surface area (Å²) in [7, 11) is 0. The predicted molar refractivity (Wildman–Crippen MR) is 50.4 cm³/mol. The maximum atomic E-state index is 9.91. The summed E-state index contributed by atoms with van der Waals surface area (Å²) in [6.07, 6.45) is -0.0487. The van der Waals surface area contributed by atoms with Crippen molar-refractivity contribution >= 4 is 0 Å². The lowest BCUT2D eigenvalue weighted by Gasteiger charge is -2.32. The van der Waals surface area contributed by atoms with Gasteiger partial charge in [0.2, 0.25) is 0 Å². The summed E-state index contributed by atoms with van der Waals surface area (Å²) >= 11 is 0. The molecular weight excluding hydrogens is 168 g/mol. The molecule has 0 aromatic heterocycles. The van der Waals surface area contributed by atoms with Gasteiger partial charge >= 0.3 is 0 Å². The van der Waals surface area contributed by atoms with Crippen LogP contribution < -0.4 is 0 Å². The molecule has 0 aromatic rings. The molecule has 1 rings (SSSR count). The zero-order valence-electron chi connectivity index (χ0n) is 8.66. The molecule has 2 N–H and O–H groups in total. The van der Waals surface area contributed by atoms with E-state index >= 15 is 0 Å². The van der Waals surface area contributed by atoms with E-state index in [2.05, 4.69) is 6.92 Å². The van der Waals surface area contributed by atoms with Gasteiger partial charge in [0, 0.05) is 6.61 Å². The summed E-state index contributed by atoms with van der Waals surface area (Å²) in [6.45, 7) is 6.67. The van der Waals surface area contributed by atoms with E-state index in [9.17, 15) is 5.11 Å². The molecule has 0 aromatic carbocycles.